The second kappa shape index (κ2) is 13.9. The fraction of sp³-hybridized carbons (Fsp3) is 0.531. The fourth-order valence-electron chi connectivity index (χ4n) is 5.99. The lowest BCUT2D eigenvalue weighted by Gasteiger charge is -2.38. The van der Waals surface area contributed by atoms with Crippen LogP contribution in [0.15, 0.2) is 48.5 Å². The largest absolute Gasteiger partial charge is 0.461 e. The third-order valence-electron chi connectivity index (χ3n) is 8.49. The van der Waals surface area contributed by atoms with E-state index in [1.165, 1.54) is 30.0 Å². The molecule has 0 bridgehead atoms. The third-order valence-corrected chi connectivity index (χ3v) is 9.97. The number of ether oxygens (including phenoxy) is 1. The Bertz CT molecular complexity index is 1390. The van der Waals surface area contributed by atoms with Gasteiger partial charge in [0.05, 0.1) is 5.25 Å². The number of rotatable bonds is 10. The van der Waals surface area contributed by atoms with Crippen LogP contribution in [0.4, 0.5) is 28.0 Å². The van der Waals surface area contributed by atoms with Gasteiger partial charge in [0.15, 0.2) is 0 Å². The first-order valence-electron chi connectivity index (χ1n) is 15.3. The number of alkyl halides is 4. The summed E-state index contributed by atoms with van der Waals surface area (Å²) in [4.78, 5) is 45.2. The maximum absolute atomic E-state index is 13.6. The minimum atomic E-state index is -4.65. The Morgan fingerprint density at radius 1 is 1.07 bits per heavy atom. The van der Waals surface area contributed by atoms with Gasteiger partial charge in [-0.25, -0.2) is 4.79 Å². The van der Waals surface area contributed by atoms with Crippen LogP contribution < -0.4 is 10.1 Å². The molecule has 1 N–H and O–H groups in total. The number of hydrogen-bond donors (Lipinski definition) is 1. The number of para-hydroxylation sites is 1. The van der Waals surface area contributed by atoms with Crippen molar-refractivity contribution in [2.45, 2.75) is 75.2 Å². The van der Waals surface area contributed by atoms with Crippen LogP contribution in [0.5, 0.6) is 5.75 Å². The lowest BCUT2D eigenvalue weighted by molar-refractivity contribution is -0.253. The molecule has 0 radical (unpaired) electrons. The molecule has 244 valence electrons. The van der Waals surface area contributed by atoms with Crippen LogP contribution in [0.2, 0.25) is 0 Å². The lowest BCUT2D eigenvalue weighted by atomic mass is 10.0. The Hall–Kier alpha value is -3.48. The molecule has 8 nitrogen and oxygen atoms in total. The molecule has 0 aromatic heterocycles. The summed E-state index contributed by atoms with van der Waals surface area (Å²) in [5.41, 5.74) is 2.36. The standard InChI is InChI=1S/C32H38F4N4O4S/c1-20(2)10-16-40-28(42)26(45-29(40)22-7-5-8-24(18-22)44-32(35,36)30(33)34)19-27(41)38-14-12-23(13-15-38)39-17-11-21-6-3-4-9-25(21)37-31(39)43/h3-9,18,20,23,26,29-30H,10-17,19H2,1-2H3,(H,37,43). The summed E-state index contributed by atoms with van der Waals surface area (Å²) < 4.78 is 56.9. The monoisotopic (exact) mass is 650 g/mol. The third kappa shape index (κ3) is 7.67. The maximum atomic E-state index is 13.6. The van der Waals surface area contributed by atoms with E-state index >= 15 is 0 Å². The van der Waals surface area contributed by atoms with Gasteiger partial charge in [-0.15, -0.1) is 11.8 Å². The smallest absolute Gasteiger partial charge is 0.428 e. The first-order valence-corrected chi connectivity index (χ1v) is 16.2. The van der Waals surface area contributed by atoms with Gasteiger partial charge in [0.1, 0.15) is 11.1 Å². The average Bonchev–Trinajstić information content (AvgIpc) is 3.20. The second-order valence-corrected chi connectivity index (χ2v) is 13.4. The molecule has 0 aliphatic carbocycles. The zero-order valence-corrected chi connectivity index (χ0v) is 26.1. The summed E-state index contributed by atoms with van der Waals surface area (Å²) in [6, 6.07) is 13.1. The summed E-state index contributed by atoms with van der Waals surface area (Å²) >= 11 is 1.25. The summed E-state index contributed by atoms with van der Waals surface area (Å²) in [5, 5.41) is 1.72. The van der Waals surface area contributed by atoms with E-state index in [-0.39, 0.29) is 36.2 Å². The van der Waals surface area contributed by atoms with Crippen LogP contribution in [-0.2, 0) is 16.0 Å². The van der Waals surface area contributed by atoms with Crippen molar-refractivity contribution in [1.29, 1.82) is 0 Å². The van der Waals surface area contributed by atoms with E-state index in [9.17, 15) is 31.9 Å². The minimum absolute atomic E-state index is 0.00583. The number of benzene rings is 2. The number of thioether (sulfide) groups is 1. The molecule has 3 aliphatic heterocycles. The van der Waals surface area contributed by atoms with Gasteiger partial charge in [0, 0.05) is 44.3 Å². The first kappa shape index (κ1) is 32.9. The summed E-state index contributed by atoms with van der Waals surface area (Å²) in [6.45, 7) is 5.94. The molecule has 0 spiro atoms. The number of hydrogen-bond acceptors (Lipinski definition) is 5. The van der Waals surface area contributed by atoms with Gasteiger partial charge >= 0.3 is 18.6 Å². The van der Waals surface area contributed by atoms with E-state index in [1.807, 2.05) is 43.0 Å². The van der Waals surface area contributed by atoms with Crippen LogP contribution in [0.3, 0.4) is 0 Å². The Morgan fingerprint density at radius 2 is 1.80 bits per heavy atom. The Balaban J connectivity index is 1.21. The lowest BCUT2D eigenvalue weighted by Crippen LogP contribution is -2.50. The normalized spacial score (nSPS) is 21.3. The summed E-state index contributed by atoms with van der Waals surface area (Å²) in [6.07, 6.45) is -5.99. The number of likely N-dealkylation sites (tertiary alicyclic amines) is 1. The quantitative estimate of drug-likeness (QED) is 0.302. The number of carbonyl (C=O) groups excluding carboxylic acids is 3. The molecule has 2 aromatic rings. The van der Waals surface area contributed by atoms with Crippen molar-refractivity contribution < 1.29 is 36.7 Å². The SMILES string of the molecule is CC(C)CCN1C(=O)C(CC(=O)N2CCC(N3CCc4ccccc4NC3=O)CC2)SC1c1cccc(OC(F)(F)C(F)F)c1. The summed E-state index contributed by atoms with van der Waals surface area (Å²) in [5.74, 6) is -0.534. The average molecular weight is 651 g/mol. The van der Waals surface area contributed by atoms with Crippen molar-refractivity contribution in [1.82, 2.24) is 14.7 Å². The Kier molecular flexibility index (Phi) is 10.1. The highest BCUT2D eigenvalue weighted by atomic mass is 32.2. The van der Waals surface area contributed by atoms with Crippen molar-refractivity contribution in [2.75, 3.05) is 31.5 Å². The number of urea groups is 1. The van der Waals surface area contributed by atoms with E-state index in [4.69, 9.17) is 0 Å². The van der Waals surface area contributed by atoms with Crippen molar-refractivity contribution in [3.8, 4) is 5.75 Å². The molecule has 2 fully saturated rings. The van der Waals surface area contributed by atoms with Crippen molar-refractivity contribution in [2.24, 2.45) is 5.92 Å². The fourth-order valence-corrected chi connectivity index (χ4v) is 7.45. The molecule has 2 aromatic carbocycles. The van der Waals surface area contributed by atoms with Gasteiger partial charge in [-0.3, -0.25) is 9.59 Å². The predicted molar refractivity (Wildman–Crippen MR) is 163 cm³/mol. The molecule has 4 amide bonds. The van der Waals surface area contributed by atoms with Gasteiger partial charge in [0.25, 0.3) is 0 Å². The van der Waals surface area contributed by atoms with Crippen LogP contribution in [0.1, 0.15) is 56.0 Å². The maximum Gasteiger partial charge on any atom is 0.461 e. The number of amides is 4. The minimum Gasteiger partial charge on any atom is -0.428 e. The highest BCUT2D eigenvalue weighted by Gasteiger charge is 2.45. The molecule has 2 unspecified atom stereocenters. The van der Waals surface area contributed by atoms with Crippen LogP contribution in [0, 0.1) is 5.92 Å². The molecule has 3 heterocycles. The van der Waals surface area contributed by atoms with Gasteiger partial charge in [0.2, 0.25) is 11.8 Å². The number of nitrogens with one attached hydrogen (secondary N) is 1. The van der Waals surface area contributed by atoms with Crippen molar-refractivity contribution >= 4 is 35.3 Å². The molecular formula is C32H38F4N4O4S. The van der Waals surface area contributed by atoms with E-state index < -0.39 is 28.9 Å². The molecule has 2 saturated heterocycles. The number of nitrogens with zero attached hydrogens (tertiary/aromatic N) is 3. The Morgan fingerprint density at radius 3 is 2.51 bits per heavy atom. The molecular weight excluding hydrogens is 612 g/mol. The molecule has 2 atom stereocenters. The van der Waals surface area contributed by atoms with E-state index in [1.54, 1.807) is 15.9 Å². The Labute approximate surface area is 264 Å². The molecule has 3 aliphatic rings. The van der Waals surface area contributed by atoms with Crippen LogP contribution in [0.25, 0.3) is 0 Å². The van der Waals surface area contributed by atoms with Crippen LogP contribution >= 0.6 is 11.8 Å². The number of fused-ring (bicyclic) bond motifs is 1. The number of piperidine rings is 1. The highest BCUT2D eigenvalue weighted by Crippen LogP contribution is 2.45. The molecule has 0 saturated carbocycles. The van der Waals surface area contributed by atoms with Gasteiger partial charge in [-0.05, 0) is 60.9 Å². The van der Waals surface area contributed by atoms with E-state index in [0.29, 0.717) is 51.0 Å². The predicted octanol–water partition coefficient (Wildman–Crippen LogP) is 6.38. The second-order valence-electron chi connectivity index (χ2n) is 12.1. The van der Waals surface area contributed by atoms with E-state index in [2.05, 4.69) is 10.1 Å². The molecule has 13 heteroatoms. The summed E-state index contributed by atoms with van der Waals surface area (Å²) in [7, 11) is 0. The van der Waals surface area contributed by atoms with Gasteiger partial charge in [-0.2, -0.15) is 17.6 Å². The van der Waals surface area contributed by atoms with Gasteiger partial charge in [-0.1, -0.05) is 44.2 Å². The molecule has 45 heavy (non-hydrogen) atoms. The van der Waals surface area contributed by atoms with Gasteiger partial charge < -0.3 is 24.8 Å². The number of carbonyl (C=O) groups is 3. The zero-order chi connectivity index (χ0) is 32.3. The van der Waals surface area contributed by atoms with Crippen molar-refractivity contribution in [3.63, 3.8) is 0 Å². The highest BCUT2D eigenvalue weighted by molar-refractivity contribution is 8.01. The van der Waals surface area contributed by atoms with Crippen LogP contribution in [-0.4, -0.2) is 82.6 Å². The first-order chi connectivity index (χ1) is 21.4. The van der Waals surface area contributed by atoms with Crippen molar-refractivity contribution in [3.05, 3.63) is 59.7 Å². The van der Waals surface area contributed by atoms with E-state index in [0.717, 1.165) is 17.7 Å². The molecule has 5 rings (SSSR count). The topological polar surface area (TPSA) is 82.2 Å². The zero-order valence-electron chi connectivity index (χ0n) is 25.3. The number of halogens is 4. The number of anilines is 1.